The number of quaternary nitrogens is 2. The first kappa shape index (κ1) is 18.9. The quantitative estimate of drug-likeness (QED) is 0.643. The zero-order valence-electron chi connectivity index (χ0n) is 16.0. The number of tetrazole rings is 1. The van der Waals surface area contributed by atoms with Crippen molar-refractivity contribution in [2.45, 2.75) is 38.8 Å². The van der Waals surface area contributed by atoms with Gasteiger partial charge in [-0.15, -0.1) is 5.10 Å². The van der Waals surface area contributed by atoms with Gasteiger partial charge < -0.3 is 9.64 Å². The van der Waals surface area contributed by atoms with E-state index in [1.54, 1.807) is 16.9 Å². The van der Waals surface area contributed by atoms with Crippen LogP contribution in [0, 0.1) is 0 Å². The summed E-state index contributed by atoms with van der Waals surface area (Å²) in [5.41, 5.74) is 1.40. The summed E-state index contributed by atoms with van der Waals surface area (Å²) in [6.45, 7) is 8.21. The van der Waals surface area contributed by atoms with Crippen molar-refractivity contribution in [3.8, 4) is 0 Å². The minimum absolute atomic E-state index is 0.374. The van der Waals surface area contributed by atoms with E-state index in [9.17, 15) is 0 Å². The van der Waals surface area contributed by atoms with Crippen molar-refractivity contribution < 1.29 is 14.5 Å². The van der Waals surface area contributed by atoms with Crippen molar-refractivity contribution in [3.63, 3.8) is 0 Å². The molecule has 1 saturated heterocycles. The molecule has 3 rings (SSSR count). The van der Waals surface area contributed by atoms with Crippen LogP contribution in [-0.2, 0) is 11.3 Å². The van der Waals surface area contributed by atoms with Gasteiger partial charge in [0.25, 0.3) is 0 Å². The maximum absolute atomic E-state index is 5.21. The number of hydrogen-bond donors (Lipinski definition) is 2. The smallest absolute Gasteiger partial charge is 0.209 e. The van der Waals surface area contributed by atoms with Gasteiger partial charge in [0.15, 0.2) is 0 Å². The topological polar surface area (TPSA) is 61.7 Å². The van der Waals surface area contributed by atoms with E-state index in [0.717, 1.165) is 45.0 Å². The molecular formula is C19H32N6O+2. The molecule has 0 radical (unpaired) electrons. The molecule has 1 atom stereocenters. The number of para-hydroxylation sites is 1. The molecule has 0 aliphatic carbocycles. The van der Waals surface area contributed by atoms with Gasteiger partial charge in [-0.2, -0.15) is 0 Å². The molecule has 1 aromatic heterocycles. The lowest BCUT2D eigenvalue weighted by molar-refractivity contribution is -1.01. The van der Waals surface area contributed by atoms with Crippen LogP contribution in [0.1, 0.15) is 38.1 Å². The molecule has 1 aliphatic rings. The monoisotopic (exact) mass is 360 g/mol. The molecule has 0 bridgehead atoms. The minimum atomic E-state index is 0.374. The highest BCUT2D eigenvalue weighted by Crippen LogP contribution is 2.14. The predicted octanol–water partition coefficient (Wildman–Crippen LogP) is -0.334. The van der Waals surface area contributed by atoms with Gasteiger partial charge in [0, 0.05) is 13.5 Å². The van der Waals surface area contributed by atoms with Gasteiger partial charge in [-0.1, -0.05) is 31.5 Å². The highest BCUT2D eigenvalue weighted by atomic mass is 16.5. The Bertz CT molecular complexity index is 638. The number of methoxy groups -OCH3 is 1. The first-order valence-corrected chi connectivity index (χ1v) is 9.83. The van der Waals surface area contributed by atoms with Crippen molar-refractivity contribution >= 4 is 5.69 Å². The molecule has 0 saturated carbocycles. The van der Waals surface area contributed by atoms with Gasteiger partial charge >= 0.3 is 0 Å². The number of piperazine rings is 1. The van der Waals surface area contributed by atoms with Gasteiger partial charge in [-0.3, -0.25) is 4.90 Å². The molecule has 1 aliphatic heterocycles. The van der Waals surface area contributed by atoms with Crippen LogP contribution in [-0.4, -0.2) is 60.1 Å². The molecule has 142 valence electrons. The lowest BCUT2D eigenvalue weighted by Gasteiger charge is -2.34. The fraction of sp³-hybridized carbons (Fsp3) is 0.632. The molecule has 0 spiro atoms. The lowest BCUT2D eigenvalue weighted by Crippen LogP contribution is -3.26. The second-order valence-electron chi connectivity index (χ2n) is 7.08. The first-order valence-electron chi connectivity index (χ1n) is 9.83. The van der Waals surface area contributed by atoms with Crippen LogP contribution in [0.2, 0.25) is 0 Å². The summed E-state index contributed by atoms with van der Waals surface area (Å²) < 4.78 is 7.15. The highest BCUT2D eigenvalue weighted by molar-refractivity contribution is 5.27. The maximum Gasteiger partial charge on any atom is 0.209 e. The van der Waals surface area contributed by atoms with E-state index in [1.165, 1.54) is 18.5 Å². The molecule has 2 heterocycles. The first-order chi connectivity index (χ1) is 12.8. The summed E-state index contributed by atoms with van der Waals surface area (Å²) in [6.07, 6.45) is 3.55. The fourth-order valence-electron chi connectivity index (χ4n) is 3.91. The third-order valence-corrected chi connectivity index (χ3v) is 5.40. The van der Waals surface area contributed by atoms with Gasteiger partial charge in [-0.05, 0) is 29.0 Å². The second kappa shape index (κ2) is 9.75. The van der Waals surface area contributed by atoms with Gasteiger partial charge in [-0.25, -0.2) is 4.68 Å². The Morgan fingerprint density at radius 1 is 1.15 bits per heavy atom. The molecule has 1 aromatic carbocycles. The number of unbranched alkanes of at least 4 members (excludes halogenated alkanes) is 1. The summed E-state index contributed by atoms with van der Waals surface area (Å²) in [5.74, 6) is 1.02. The van der Waals surface area contributed by atoms with Gasteiger partial charge in [0.05, 0.1) is 13.2 Å². The Morgan fingerprint density at radius 3 is 2.62 bits per heavy atom. The SMILES string of the molecule is CCCC[C@H](c1nnnn1CCOC)[NH+]1CC[NH+](c2ccccc2)CC1. The number of hydrogen-bond acceptors (Lipinski definition) is 4. The summed E-state index contributed by atoms with van der Waals surface area (Å²) >= 11 is 0. The zero-order chi connectivity index (χ0) is 18.2. The minimum Gasteiger partial charge on any atom is -0.383 e. The lowest BCUT2D eigenvalue weighted by atomic mass is 10.1. The summed E-state index contributed by atoms with van der Waals surface area (Å²) in [7, 11) is 1.72. The van der Waals surface area contributed by atoms with E-state index in [4.69, 9.17) is 4.74 Å². The van der Waals surface area contributed by atoms with Crippen LogP contribution < -0.4 is 9.80 Å². The zero-order valence-corrected chi connectivity index (χ0v) is 16.0. The third kappa shape index (κ3) is 4.66. The largest absolute Gasteiger partial charge is 0.383 e. The van der Waals surface area contributed by atoms with Crippen LogP contribution in [0.3, 0.4) is 0 Å². The standard InChI is InChI=1S/C19H30N6O/c1-3-4-10-18(19-20-21-22-25(19)15-16-26-2)24-13-11-23(12-14-24)17-8-6-5-7-9-17/h5-9,18H,3-4,10-16H2,1-2H3/p+2/t18-/m1/s1. The Morgan fingerprint density at radius 2 is 1.92 bits per heavy atom. The number of aromatic nitrogens is 4. The van der Waals surface area contributed by atoms with Crippen molar-refractivity contribution in [1.29, 1.82) is 0 Å². The Kier molecular flexibility index (Phi) is 7.11. The van der Waals surface area contributed by atoms with E-state index in [-0.39, 0.29) is 0 Å². The molecule has 0 unspecified atom stereocenters. The average Bonchev–Trinajstić information content (AvgIpc) is 3.16. The predicted molar refractivity (Wildman–Crippen MR) is 99.5 cm³/mol. The van der Waals surface area contributed by atoms with Crippen LogP contribution >= 0.6 is 0 Å². The highest BCUT2D eigenvalue weighted by Gasteiger charge is 2.34. The number of nitrogens with one attached hydrogen (secondary N) is 2. The van der Waals surface area contributed by atoms with E-state index >= 15 is 0 Å². The molecule has 1 fully saturated rings. The molecule has 7 nitrogen and oxygen atoms in total. The number of benzene rings is 1. The van der Waals surface area contributed by atoms with Crippen molar-refractivity contribution in [2.24, 2.45) is 0 Å². The molecular weight excluding hydrogens is 328 g/mol. The number of nitrogens with zero attached hydrogens (tertiary/aromatic N) is 4. The Labute approximate surface area is 155 Å². The number of rotatable bonds is 9. The van der Waals surface area contributed by atoms with Gasteiger partial charge in [0.1, 0.15) is 37.9 Å². The van der Waals surface area contributed by atoms with Crippen LogP contribution in [0.25, 0.3) is 0 Å². The van der Waals surface area contributed by atoms with E-state index in [0.29, 0.717) is 12.6 Å². The maximum atomic E-state index is 5.21. The normalized spacial score (nSPS) is 21.6. The Balaban J connectivity index is 1.68. The number of ether oxygens (including phenoxy) is 1. The van der Waals surface area contributed by atoms with Crippen molar-refractivity contribution in [3.05, 3.63) is 36.2 Å². The molecule has 2 aromatic rings. The van der Waals surface area contributed by atoms with Crippen molar-refractivity contribution in [1.82, 2.24) is 20.2 Å². The average molecular weight is 361 g/mol. The van der Waals surface area contributed by atoms with Crippen LogP contribution in [0.15, 0.2) is 30.3 Å². The van der Waals surface area contributed by atoms with E-state index in [1.807, 2.05) is 4.68 Å². The molecule has 2 N–H and O–H groups in total. The van der Waals surface area contributed by atoms with Crippen molar-refractivity contribution in [2.75, 3.05) is 39.9 Å². The summed E-state index contributed by atoms with van der Waals surface area (Å²) in [6, 6.07) is 11.2. The summed E-state index contributed by atoms with van der Waals surface area (Å²) in [5, 5.41) is 12.5. The molecule has 26 heavy (non-hydrogen) atoms. The third-order valence-electron chi connectivity index (χ3n) is 5.40. The molecule has 7 heteroatoms. The summed E-state index contributed by atoms with van der Waals surface area (Å²) in [4.78, 5) is 3.20. The molecule has 0 amide bonds. The fourth-order valence-corrected chi connectivity index (χ4v) is 3.91. The van der Waals surface area contributed by atoms with E-state index in [2.05, 4.69) is 52.8 Å². The second-order valence-corrected chi connectivity index (χ2v) is 7.08. The Hall–Kier alpha value is -1.83. The van der Waals surface area contributed by atoms with Crippen LogP contribution in [0.5, 0.6) is 0 Å². The van der Waals surface area contributed by atoms with Gasteiger partial charge in [0.2, 0.25) is 5.82 Å². The van der Waals surface area contributed by atoms with Crippen LogP contribution in [0.4, 0.5) is 5.69 Å². The van der Waals surface area contributed by atoms with E-state index < -0.39 is 0 Å².